The van der Waals surface area contributed by atoms with Crippen molar-refractivity contribution in [3.8, 4) is 16.9 Å². The van der Waals surface area contributed by atoms with Gasteiger partial charge in [0.25, 0.3) is 0 Å². The van der Waals surface area contributed by atoms with Gasteiger partial charge in [-0.2, -0.15) is 0 Å². The predicted molar refractivity (Wildman–Crippen MR) is 134 cm³/mol. The van der Waals surface area contributed by atoms with E-state index in [-0.39, 0.29) is 6.03 Å². The Labute approximate surface area is 204 Å². The van der Waals surface area contributed by atoms with Crippen molar-refractivity contribution in [3.05, 3.63) is 77.0 Å². The van der Waals surface area contributed by atoms with E-state index in [9.17, 15) is 4.79 Å². The number of ether oxygens (including phenoxy) is 1. The molecule has 7 heteroatoms. The molecule has 1 aliphatic rings. The zero-order valence-corrected chi connectivity index (χ0v) is 20.1. The smallest absolute Gasteiger partial charge is 0.324 e. The van der Waals surface area contributed by atoms with Crippen molar-refractivity contribution in [3.63, 3.8) is 0 Å². The summed E-state index contributed by atoms with van der Waals surface area (Å²) >= 11 is 12.3. The summed E-state index contributed by atoms with van der Waals surface area (Å²) in [4.78, 5) is 20.4. The van der Waals surface area contributed by atoms with E-state index in [0.29, 0.717) is 22.6 Å². The number of halogens is 2. The first-order valence-corrected chi connectivity index (χ1v) is 11.9. The molecule has 2 heterocycles. The minimum atomic E-state index is 0.0746. The number of anilines is 1. The molecule has 0 saturated carbocycles. The van der Waals surface area contributed by atoms with Crippen LogP contribution in [0.3, 0.4) is 0 Å². The van der Waals surface area contributed by atoms with Crippen LogP contribution < -0.4 is 9.64 Å². The number of pyridine rings is 1. The second-order valence-electron chi connectivity index (χ2n) is 8.31. The van der Waals surface area contributed by atoms with Gasteiger partial charge in [-0.25, -0.2) is 4.79 Å². The van der Waals surface area contributed by atoms with Gasteiger partial charge in [0.05, 0.1) is 6.61 Å². The third kappa shape index (κ3) is 5.98. The Kier molecular flexibility index (Phi) is 7.73. The normalized spacial score (nSPS) is 14.6. The van der Waals surface area contributed by atoms with Gasteiger partial charge in [-0.05, 0) is 60.7 Å². The highest BCUT2D eigenvalue weighted by atomic mass is 35.5. The third-order valence-electron chi connectivity index (χ3n) is 5.94. The molecule has 3 aromatic rings. The van der Waals surface area contributed by atoms with Gasteiger partial charge in [-0.1, -0.05) is 48.3 Å². The molecule has 0 N–H and O–H groups in total. The molecule has 1 atom stereocenters. The molecule has 2 amide bonds. The van der Waals surface area contributed by atoms with E-state index >= 15 is 0 Å². The van der Waals surface area contributed by atoms with Crippen LogP contribution in [0.1, 0.15) is 19.8 Å². The molecule has 5 nitrogen and oxygen atoms in total. The maximum atomic E-state index is 12.7. The lowest BCUT2D eigenvalue weighted by atomic mass is 10.0. The molecular formula is C26H27Cl2N3O2. The predicted octanol–water partition coefficient (Wildman–Crippen LogP) is 6.79. The van der Waals surface area contributed by atoms with E-state index in [1.807, 2.05) is 58.3 Å². The van der Waals surface area contributed by atoms with Crippen molar-refractivity contribution in [2.75, 3.05) is 31.1 Å². The van der Waals surface area contributed by atoms with Crippen molar-refractivity contribution >= 4 is 34.9 Å². The molecule has 0 aliphatic carbocycles. The summed E-state index contributed by atoms with van der Waals surface area (Å²) in [5.41, 5.74) is 2.87. The van der Waals surface area contributed by atoms with Crippen LogP contribution in [0.15, 0.2) is 67.0 Å². The number of rotatable bonds is 9. The molecule has 0 radical (unpaired) electrons. The number of carbonyl (C=O) groups excluding carboxylic acids is 1. The molecule has 0 spiro atoms. The van der Waals surface area contributed by atoms with Crippen LogP contribution in [0, 0.1) is 5.92 Å². The largest absolute Gasteiger partial charge is 0.494 e. The molecule has 0 bridgehead atoms. The zero-order chi connectivity index (χ0) is 23.2. The number of urea groups is 1. The Morgan fingerprint density at radius 1 is 1.00 bits per heavy atom. The summed E-state index contributed by atoms with van der Waals surface area (Å²) in [6.45, 7) is 5.08. The number of carbonyl (C=O) groups is 1. The average molecular weight is 484 g/mol. The SMILES string of the molecule is CC(CCOc1ccc(-c2ccc(Cl)cc2Cl)cc1)CCN1CCN(c2ccncc2)C1=O. The summed E-state index contributed by atoms with van der Waals surface area (Å²) < 4.78 is 5.94. The summed E-state index contributed by atoms with van der Waals surface area (Å²) in [7, 11) is 0. The number of hydrogen-bond acceptors (Lipinski definition) is 3. The highest BCUT2D eigenvalue weighted by Gasteiger charge is 2.29. The first kappa shape index (κ1) is 23.4. The highest BCUT2D eigenvalue weighted by molar-refractivity contribution is 6.36. The fourth-order valence-corrected chi connectivity index (χ4v) is 4.42. The lowest BCUT2D eigenvalue weighted by molar-refractivity contribution is 0.214. The lowest BCUT2D eigenvalue weighted by Gasteiger charge is -2.20. The van der Waals surface area contributed by atoms with E-state index in [1.54, 1.807) is 18.5 Å². The van der Waals surface area contributed by atoms with Crippen molar-refractivity contribution in [2.24, 2.45) is 5.92 Å². The molecule has 2 aromatic carbocycles. The molecule has 1 unspecified atom stereocenters. The van der Waals surface area contributed by atoms with Crippen LogP contribution >= 0.6 is 23.2 Å². The average Bonchev–Trinajstić information content (AvgIpc) is 3.19. The van der Waals surface area contributed by atoms with E-state index in [1.165, 1.54) is 0 Å². The fourth-order valence-electron chi connectivity index (χ4n) is 3.91. The standard InChI is InChI=1S/C26H27Cl2N3O2/c1-19(10-14-30-15-16-31(26(30)32)22-8-12-29-13-9-22)11-17-33-23-5-2-20(3-6-23)24-7-4-21(27)18-25(24)28/h2-9,12-13,18-19H,10-11,14-17H2,1H3. The van der Waals surface area contributed by atoms with Gasteiger partial charge >= 0.3 is 6.03 Å². The third-order valence-corrected chi connectivity index (χ3v) is 6.48. The van der Waals surface area contributed by atoms with Crippen LogP contribution in [0.2, 0.25) is 10.0 Å². The topological polar surface area (TPSA) is 45.7 Å². The number of benzene rings is 2. The van der Waals surface area contributed by atoms with Crippen LogP contribution in [0.5, 0.6) is 5.75 Å². The molecule has 4 rings (SSSR count). The minimum Gasteiger partial charge on any atom is -0.494 e. The molecular weight excluding hydrogens is 457 g/mol. The summed E-state index contributed by atoms with van der Waals surface area (Å²) in [5.74, 6) is 1.29. The van der Waals surface area contributed by atoms with E-state index in [4.69, 9.17) is 27.9 Å². The minimum absolute atomic E-state index is 0.0746. The van der Waals surface area contributed by atoms with Gasteiger partial charge in [0.15, 0.2) is 0 Å². The van der Waals surface area contributed by atoms with Crippen molar-refractivity contribution in [1.29, 1.82) is 0 Å². The second kappa shape index (κ2) is 10.9. The fraction of sp³-hybridized carbons (Fsp3) is 0.308. The van der Waals surface area contributed by atoms with Gasteiger partial charge in [0.2, 0.25) is 0 Å². The van der Waals surface area contributed by atoms with Gasteiger partial charge in [0, 0.05) is 53.3 Å². The first-order chi connectivity index (χ1) is 16.0. The van der Waals surface area contributed by atoms with Crippen molar-refractivity contribution in [1.82, 2.24) is 9.88 Å². The van der Waals surface area contributed by atoms with Crippen molar-refractivity contribution < 1.29 is 9.53 Å². The van der Waals surface area contributed by atoms with Crippen LogP contribution in [0.25, 0.3) is 11.1 Å². The summed E-state index contributed by atoms with van der Waals surface area (Å²) in [5, 5.41) is 1.25. The maximum absolute atomic E-state index is 12.7. The molecule has 1 aliphatic heterocycles. The van der Waals surface area contributed by atoms with Gasteiger partial charge < -0.3 is 9.64 Å². The Morgan fingerprint density at radius 3 is 2.48 bits per heavy atom. The Hall–Kier alpha value is -2.76. The quantitative estimate of drug-likeness (QED) is 0.336. The molecule has 172 valence electrons. The van der Waals surface area contributed by atoms with Gasteiger partial charge in [-0.15, -0.1) is 0 Å². The Bertz CT molecular complexity index is 1080. The highest BCUT2D eigenvalue weighted by Crippen LogP contribution is 2.31. The maximum Gasteiger partial charge on any atom is 0.324 e. The molecule has 1 saturated heterocycles. The molecule has 33 heavy (non-hydrogen) atoms. The van der Waals surface area contributed by atoms with E-state index in [2.05, 4.69) is 11.9 Å². The van der Waals surface area contributed by atoms with Gasteiger partial charge in [-0.3, -0.25) is 9.88 Å². The Balaban J connectivity index is 1.20. The number of nitrogens with zero attached hydrogens (tertiary/aromatic N) is 3. The molecule has 1 aromatic heterocycles. The van der Waals surface area contributed by atoms with Crippen LogP contribution in [0.4, 0.5) is 10.5 Å². The monoisotopic (exact) mass is 483 g/mol. The summed E-state index contributed by atoms with van der Waals surface area (Å²) in [6.07, 6.45) is 5.32. The second-order valence-corrected chi connectivity index (χ2v) is 9.15. The number of hydrogen-bond donors (Lipinski definition) is 0. The number of aromatic nitrogens is 1. The number of amides is 2. The Morgan fingerprint density at radius 2 is 1.76 bits per heavy atom. The first-order valence-electron chi connectivity index (χ1n) is 11.2. The molecule has 1 fully saturated rings. The lowest BCUT2D eigenvalue weighted by Crippen LogP contribution is -2.33. The van der Waals surface area contributed by atoms with E-state index in [0.717, 1.165) is 55.0 Å². The summed E-state index contributed by atoms with van der Waals surface area (Å²) in [6, 6.07) is 17.2. The van der Waals surface area contributed by atoms with Crippen molar-refractivity contribution in [2.45, 2.75) is 19.8 Å². The van der Waals surface area contributed by atoms with Crippen LogP contribution in [-0.2, 0) is 0 Å². The zero-order valence-electron chi connectivity index (χ0n) is 18.6. The van der Waals surface area contributed by atoms with Gasteiger partial charge in [0.1, 0.15) is 5.75 Å². The van der Waals surface area contributed by atoms with Crippen LogP contribution in [-0.4, -0.2) is 42.2 Å². The van der Waals surface area contributed by atoms with E-state index < -0.39 is 0 Å².